The highest BCUT2D eigenvalue weighted by molar-refractivity contribution is 7.89. The molecule has 0 bridgehead atoms. The summed E-state index contributed by atoms with van der Waals surface area (Å²) in [6.45, 7) is 6.36. The number of hydrogen-bond donors (Lipinski definition) is 1. The molecule has 0 spiro atoms. The minimum atomic E-state index is -3.07. The van der Waals surface area contributed by atoms with E-state index in [-0.39, 0.29) is 5.75 Å². The first-order valence-electron chi connectivity index (χ1n) is 6.93. The third-order valence-corrected chi connectivity index (χ3v) is 4.96. The molecule has 18 heavy (non-hydrogen) atoms. The van der Waals surface area contributed by atoms with Gasteiger partial charge in [-0.2, -0.15) is 4.31 Å². The maximum absolute atomic E-state index is 12.1. The van der Waals surface area contributed by atoms with Crippen LogP contribution in [0, 0.1) is 0 Å². The van der Waals surface area contributed by atoms with Crippen LogP contribution < -0.4 is 5.32 Å². The largest absolute Gasteiger partial charge is 0.380 e. The van der Waals surface area contributed by atoms with Crippen molar-refractivity contribution in [3.8, 4) is 0 Å². The lowest BCUT2D eigenvalue weighted by molar-refractivity contribution is 0.148. The summed E-state index contributed by atoms with van der Waals surface area (Å²) in [4.78, 5) is 0. The minimum Gasteiger partial charge on any atom is -0.380 e. The summed E-state index contributed by atoms with van der Waals surface area (Å²) in [5.41, 5.74) is 0. The number of hydrogen-bond acceptors (Lipinski definition) is 4. The van der Waals surface area contributed by atoms with Crippen molar-refractivity contribution in [2.45, 2.75) is 32.6 Å². The van der Waals surface area contributed by atoms with Crippen LogP contribution in [0.2, 0.25) is 0 Å². The molecule has 0 amide bonds. The van der Waals surface area contributed by atoms with E-state index in [1.165, 1.54) is 0 Å². The van der Waals surface area contributed by atoms with E-state index in [1.54, 1.807) is 4.31 Å². The summed E-state index contributed by atoms with van der Waals surface area (Å²) in [6.07, 6.45) is 3.57. The lowest BCUT2D eigenvalue weighted by Crippen LogP contribution is -2.35. The number of rotatable bonds is 8. The molecule has 1 aliphatic rings. The van der Waals surface area contributed by atoms with Gasteiger partial charge in [0.2, 0.25) is 10.0 Å². The van der Waals surface area contributed by atoms with Crippen LogP contribution in [0.15, 0.2) is 0 Å². The molecule has 1 saturated heterocycles. The van der Waals surface area contributed by atoms with Crippen molar-refractivity contribution in [1.82, 2.24) is 9.62 Å². The Bertz CT molecular complexity index is 298. The average Bonchev–Trinajstić information content (AvgIpc) is 2.63. The fourth-order valence-electron chi connectivity index (χ4n) is 1.97. The summed E-state index contributed by atoms with van der Waals surface area (Å²) in [6, 6.07) is 0. The van der Waals surface area contributed by atoms with E-state index in [0.29, 0.717) is 26.3 Å². The second kappa shape index (κ2) is 8.85. The quantitative estimate of drug-likeness (QED) is 0.668. The van der Waals surface area contributed by atoms with Crippen LogP contribution in [0.4, 0.5) is 0 Å². The fourth-order valence-corrected chi connectivity index (χ4v) is 3.55. The first-order chi connectivity index (χ1) is 8.67. The Labute approximate surface area is 111 Å². The maximum atomic E-state index is 12.1. The van der Waals surface area contributed by atoms with Gasteiger partial charge in [-0.25, -0.2) is 8.42 Å². The molecule has 6 heteroatoms. The first kappa shape index (κ1) is 15.9. The number of nitrogens with zero attached hydrogens (tertiary/aromatic N) is 1. The lowest BCUT2D eigenvalue weighted by atomic mass is 10.3. The van der Waals surface area contributed by atoms with Crippen molar-refractivity contribution in [2.75, 3.05) is 45.1 Å². The summed E-state index contributed by atoms with van der Waals surface area (Å²) in [7, 11) is -3.07. The minimum absolute atomic E-state index is 0.265. The molecule has 0 aromatic heterocycles. The Morgan fingerprint density at radius 3 is 2.78 bits per heavy atom. The van der Waals surface area contributed by atoms with E-state index in [1.807, 2.05) is 0 Å². The number of sulfonamides is 1. The molecule has 0 aliphatic carbocycles. The summed E-state index contributed by atoms with van der Waals surface area (Å²) < 4.78 is 31.0. The Balaban J connectivity index is 2.21. The normalized spacial score (nSPS) is 18.7. The highest BCUT2D eigenvalue weighted by Gasteiger charge is 2.22. The Morgan fingerprint density at radius 2 is 2.00 bits per heavy atom. The van der Waals surface area contributed by atoms with Gasteiger partial charge in [0.05, 0.1) is 12.4 Å². The van der Waals surface area contributed by atoms with E-state index in [4.69, 9.17) is 4.74 Å². The predicted molar refractivity (Wildman–Crippen MR) is 73.2 cm³/mol. The Hall–Kier alpha value is -0.170. The summed E-state index contributed by atoms with van der Waals surface area (Å²) in [5, 5.41) is 3.28. The Kier molecular flexibility index (Phi) is 7.81. The molecule has 1 heterocycles. The van der Waals surface area contributed by atoms with Gasteiger partial charge in [0.15, 0.2) is 0 Å². The third kappa shape index (κ3) is 6.13. The lowest BCUT2D eigenvalue weighted by Gasteiger charge is -2.19. The van der Waals surface area contributed by atoms with Gasteiger partial charge in [0.25, 0.3) is 0 Å². The van der Waals surface area contributed by atoms with E-state index in [2.05, 4.69) is 12.2 Å². The third-order valence-electron chi connectivity index (χ3n) is 3.01. The molecule has 0 aromatic carbocycles. The van der Waals surface area contributed by atoms with Gasteiger partial charge < -0.3 is 10.1 Å². The SMILES string of the molecule is CCCNCCCCS(=O)(=O)N1CCCOCC1. The van der Waals surface area contributed by atoms with Crippen LogP contribution in [0.25, 0.3) is 0 Å². The number of nitrogens with one attached hydrogen (secondary N) is 1. The van der Waals surface area contributed by atoms with Crippen LogP contribution in [0.3, 0.4) is 0 Å². The molecule has 1 fully saturated rings. The van der Waals surface area contributed by atoms with Gasteiger partial charge in [0.1, 0.15) is 0 Å². The zero-order valence-corrected chi connectivity index (χ0v) is 12.2. The van der Waals surface area contributed by atoms with Gasteiger partial charge in [-0.05, 0) is 38.8 Å². The molecule has 0 unspecified atom stereocenters. The second-order valence-electron chi connectivity index (χ2n) is 4.64. The van der Waals surface area contributed by atoms with Gasteiger partial charge in [0, 0.05) is 19.7 Å². The molecular weight excluding hydrogens is 252 g/mol. The molecular formula is C12H26N2O3S. The van der Waals surface area contributed by atoms with Crippen LogP contribution in [0.1, 0.15) is 32.6 Å². The van der Waals surface area contributed by atoms with Crippen LogP contribution >= 0.6 is 0 Å². The highest BCUT2D eigenvalue weighted by Crippen LogP contribution is 2.08. The number of unbranched alkanes of at least 4 members (excludes halogenated alkanes) is 1. The maximum Gasteiger partial charge on any atom is 0.214 e. The molecule has 0 radical (unpaired) electrons. The zero-order valence-electron chi connectivity index (χ0n) is 11.4. The molecule has 0 saturated carbocycles. The number of ether oxygens (including phenoxy) is 1. The molecule has 1 N–H and O–H groups in total. The average molecular weight is 278 g/mol. The first-order valence-corrected chi connectivity index (χ1v) is 8.54. The standard InChI is InChI=1S/C12H26N2O3S/c1-2-6-13-7-3-4-12-18(15,16)14-8-5-10-17-11-9-14/h13H,2-12H2,1H3. The van der Waals surface area contributed by atoms with E-state index in [0.717, 1.165) is 38.8 Å². The smallest absolute Gasteiger partial charge is 0.214 e. The van der Waals surface area contributed by atoms with Crippen molar-refractivity contribution >= 4 is 10.0 Å². The summed E-state index contributed by atoms with van der Waals surface area (Å²) >= 11 is 0. The molecule has 1 rings (SSSR count). The topological polar surface area (TPSA) is 58.6 Å². The van der Waals surface area contributed by atoms with Crippen LogP contribution in [0.5, 0.6) is 0 Å². The van der Waals surface area contributed by atoms with E-state index < -0.39 is 10.0 Å². The monoisotopic (exact) mass is 278 g/mol. The van der Waals surface area contributed by atoms with Crippen molar-refractivity contribution < 1.29 is 13.2 Å². The van der Waals surface area contributed by atoms with Crippen molar-refractivity contribution in [3.63, 3.8) is 0 Å². The Morgan fingerprint density at radius 1 is 1.17 bits per heavy atom. The van der Waals surface area contributed by atoms with Crippen molar-refractivity contribution in [2.24, 2.45) is 0 Å². The molecule has 0 atom stereocenters. The summed E-state index contributed by atoms with van der Waals surface area (Å²) in [5.74, 6) is 0.265. The molecule has 1 aliphatic heterocycles. The van der Waals surface area contributed by atoms with Gasteiger partial charge in [-0.1, -0.05) is 6.92 Å². The zero-order chi connectivity index (χ0) is 13.3. The molecule has 0 aromatic rings. The highest BCUT2D eigenvalue weighted by atomic mass is 32.2. The van der Waals surface area contributed by atoms with Crippen molar-refractivity contribution in [1.29, 1.82) is 0 Å². The predicted octanol–water partition coefficient (Wildman–Crippen LogP) is 0.818. The van der Waals surface area contributed by atoms with Crippen LogP contribution in [-0.4, -0.2) is 57.9 Å². The molecule has 5 nitrogen and oxygen atoms in total. The van der Waals surface area contributed by atoms with E-state index in [9.17, 15) is 8.42 Å². The second-order valence-corrected chi connectivity index (χ2v) is 6.73. The fraction of sp³-hybridized carbons (Fsp3) is 1.00. The van der Waals surface area contributed by atoms with Gasteiger partial charge in [-0.3, -0.25) is 0 Å². The van der Waals surface area contributed by atoms with Gasteiger partial charge >= 0.3 is 0 Å². The van der Waals surface area contributed by atoms with Gasteiger partial charge in [-0.15, -0.1) is 0 Å². The molecule has 108 valence electrons. The van der Waals surface area contributed by atoms with Crippen LogP contribution in [-0.2, 0) is 14.8 Å². The van der Waals surface area contributed by atoms with Crippen molar-refractivity contribution in [3.05, 3.63) is 0 Å². The van der Waals surface area contributed by atoms with E-state index >= 15 is 0 Å².